The quantitative estimate of drug-likeness (QED) is 0.888. The molecule has 2 aromatic carbocycles. The third-order valence-electron chi connectivity index (χ3n) is 2.66. The molecule has 0 bridgehead atoms. The van der Waals surface area contributed by atoms with Crippen LogP contribution in [0.25, 0.3) is 0 Å². The number of aliphatic hydroxyl groups is 1. The van der Waals surface area contributed by atoms with E-state index in [2.05, 4.69) is 15.9 Å². The van der Waals surface area contributed by atoms with Crippen LogP contribution in [0.1, 0.15) is 22.8 Å². The molecule has 2 aromatic rings. The molecule has 0 heterocycles. The van der Waals surface area contributed by atoms with Gasteiger partial charge >= 0.3 is 0 Å². The van der Waals surface area contributed by atoms with Gasteiger partial charge in [-0.05, 0) is 41.8 Å². The molecule has 0 aliphatic heterocycles. The van der Waals surface area contributed by atoms with E-state index in [9.17, 15) is 9.50 Å². The zero-order valence-electron chi connectivity index (χ0n) is 9.32. The molecule has 1 atom stereocenters. The van der Waals surface area contributed by atoms with Crippen molar-refractivity contribution in [3.8, 4) is 0 Å². The normalized spacial score (nSPS) is 12.5. The van der Waals surface area contributed by atoms with E-state index in [1.807, 2.05) is 24.3 Å². The van der Waals surface area contributed by atoms with Crippen LogP contribution < -0.4 is 0 Å². The van der Waals surface area contributed by atoms with E-state index in [-0.39, 0.29) is 5.82 Å². The van der Waals surface area contributed by atoms with Crippen molar-refractivity contribution in [2.24, 2.45) is 0 Å². The topological polar surface area (TPSA) is 20.2 Å². The van der Waals surface area contributed by atoms with E-state index in [1.54, 1.807) is 19.1 Å². The summed E-state index contributed by atoms with van der Waals surface area (Å²) in [6.07, 6.45) is -0.730. The van der Waals surface area contributed by atoms with Gasteiger partial charge in [-0.3, -0.25) is 0 Å². The van der Waals surface area contributed by atoms with E-state index >= 15 is 0 Å². The molecule has 1 nitrogen and oxygen atoms in total. The highest BCUT2D eigenvalue weighted by Gasteiger charge is 2.11. The van der Waals surface area contributed by atoms with Crippen LogP contribution in [0.4, 0.5) is 4.39 Å². The monoisotopic (exact) mass is 294 g/mol. The lowest BCUT2D eigenvalue weighted by Gasteiger charge is -2.12. The Morgan fingerprint density at radius 2 is 1.82 bits per heavy atom. The summed E-state index contributed by atoms with van der Waals surface area (Å²) >= 11 is 3.36. The molecule has 0 radical (unpaired) electrons. The molecule has 0 unspecified atom stereocenters. The number of aliphatic hydroxyl groups excluding tert-OH is 1. The average molecular weight is 295 g/mol. The molecule has 0 aromatic heterocycles. The lowest BCUT2D eigenvalue weighted by molar-refractivity contribution is 0.220. The predicted octanol–water partition coefficient (Wildman–Crippen LogP) is 3.98. The summed E-state index contributed by atoms with van der Waals surface area (Å²) in [7, 11) is 0. The molecule has 0 saturated carbocycles. The van der Waals surface area contributed by atoms with Gasteiger partial charge < -0.3 is 5.11 Å². The second-order valence-electron chi connectivity index (χ2n) is 3.97. The maximum Gasteiger partial charge on any atom is 0.126 e. The molecule has 0 saturated heterocycles. The molecule has 0 aliphatic carbocycles. The summed E-state index contributed by atoms with van der Waals surface area (Å²) < 4.78 is 14.0. The Morgan fingerprint density at radius 1 is 1.12 bits per heavy atom. The standard InChI is InChI=1S/C14H12BrFO/c1-9-7-11(5-6-13(9)16)14(17)10-3-2-4-12(15)8-10/h2-8,14,17H,1H3/t14-/m0/s1. The van der Waals surface area contributed by atoms with Crippen molar-refractivity contribution < 1.29 is 9.50 Å². The highest BCUT2D eigenvalue weighted by molar-refractivity contribution is 9.10. The Balaban J connectivity index is 2.36. The van der Waals surface area contributed by atoms with Crippen molar-refractivity contribution in [1.82, 2.24) is 0 Å². The molecular weight excluding hydrogens is 283 g/mol. The Bertz CT molecular complexity index is 539. The molecule has 0 fully saturated rings. The van der Waals surface area contributed by atoms with Crippen LogP contribution in [0.2, 0.25) is 0 Å². The lowest BCUT2D eigenvalue weighted by atomic mass is 10.00. The van der Waals surface area contributed by atoms with Crippen LogP contribution in [-0.4, -0.2) is 5.11 Å². The molecule has 0 amide bonds. The van der Waals surface area contributed by atoms with Gasteiger partial charge in [-0.15, -0.1) is 0 Å². The minimum absolute atomic E-state index is 0.254. The molecule has 3 heteroatoms. The number of hydrogen-bond acceptors (Lipinski definition) is 1. The fourth-order valence-electron chi connectivity index (χ4n) is 1.71. The van der Waals surface area contributed by atoms with Crippen molar-refractivity contribution in [3.63, 3.8) is 0 Å². The van der Waals surface area contributed by atoms with Gasteiger partial charge in [0.1, 0.15) is 11.9 Å². The van der Waals surface area contributed by atoms with Crippen LogP contribution in [0.5, 0.6) is 0 Å². The Labute approximate surface area is 108 Å². The third kappa shape index (κ3) is 2.73. The zero-order valence-corrected chi connectivity index (χ0v) is 10.9. The van der Waals surface area contributed by atoms with Gasteiger partial charge in [0.25, 0.3) is 0 Å². The SMILES string of the molecule is Cc1cc([C@@H](O)c2cccc(Br)c2)ccc1F. The molecule has 17 heavy (non-hydrogen) atoms. The van der Waals surface area contributed by atoms with Crippen LogP contribution in [0.3, 0.4) is 0 Å². The summed E-state index contributed by atoms with van der Waals surface area (Å²) in [4.78, 5) is 0. The van der Waals surface area contributed by atoms with E-state index < -0.39 is 6.10 Å². The molecule has 0 aliphatic rings. The van der Waals surface area contributed by atoms with Crippen molar-refractivity contribution in [2.45, 2.75) is 13.0 Å². The summed E-state index contributed by atoms with van der Waals surface area (Å²) in [5.74, 6) is -0.254. The average Bonchev–Trinajstić information content (AvgIpc) is 2.32. The number of aryl methyl sites for hydroxylation is 1. The Kier molecular flexibility index (Phi) is 3.60. The first-order chi connectivity index (χ1) is 8.08. The summed E-state index contributed by atoms with van der Waals surface area (Å²) in [5.41, 5.74) is 2.02. The number of benzene rings is 2. The molecule has 1 N–H and O–H groups in total. The maximum atomic E-state index is 13.1. The first-order valence-corrected chi connectivity index (χ1v) is 6.07. The Hall–Kier alpha value is -1.19. The molecular formula is C14H12BrFO. The smallest absolute Gasteiger partial charge is 0.126 e. The molecule has 0 spiro atoms. The van der Waals surface area contributed by atoms with Crippen LogP contribution in [-0.2, 0) is 0 Å². The van der Waals surface area contributed by atoms with Crippen LogP contribution >= 0.6 is 15.9 Å². The van der Waals surface area contributed by atoms with Crippen molar-refractivity contribution in [3.05, 3.63) is 69.4 Å². The van der Waals surface area contributed by atoms with E-state index in [0.29, 0.717) is 11.1 Å². The van der Waals surface area contributed by atoms with Crippen molar-refractivity contribution >= 4 is 15.9 Å². The maximum absolute atomic E-state index is 13.1. The number of halogens is 2. The van der Waals surface area contributed by atoms with Crippen LogP contribution in [0.15, 0.2) is 46.9 Å². The van der Waals surface area contributed by atoms with Gasteiger partial charge in [0.05, 0.1) is 0 Å². The number of rotatable bonds is 2. The first kappa shape index (κ1) is 12.3. The van der Waals surface area contributed by atoms with Crippen LogP contribution in [0, 0.1) is 12.7 Å². The van der Waals surface area contributed by atoms with E-state index in [4.69, 9.17) is 0 Å². The van der Waals surface area contributed by atoms with Gasteiger partial charge in [-0.1, -0.05) is 40.2 Å². The predicted molar refractivity (Wildman–Crippen MR) is 69.3 cm³/mol. The van der Waals surface area contributed by atoms with Gasteiger partial charge in [0.15, 0.2) is 0 Å². The van der Waals surface area contributed by atoms with Crippen molar-refractivity contribution in [2.75, 3.05) is 0 Å². The van der Waals surface area contributed by atoms with Gasteiger partial charge in [0, 0.05) is 4.47 Å². The van der Waals surface area contributed by atoms with E-state index in [1.165, 1.54) is 6.07 Å². The first-order valence-electron chi connectivity index (χ1n) is 5.27. The second-order valence-corrected chi connectivity index (χ2v) is 4.88. The summed E-state index contributed by atoms with van der Waals surface area (Å²) in [5, 5.41) is 10.2. The molecule has 2 rings (SSSR count). The lowest BCUT2D eigenvalue weighted by Crippen LogP contribution is -2.00. The van der Waals surface area contributed by atoms with Gasteiger partial charge in [-0.2, -0.15) is 0 Å². The minimum atomic E-state index is -0.730. The largest absolute Gasteiger partial charge is 0.384 e. The highest BCUT2D eigenvalue weighted by atomic mass is 79.9. The number of hydrogen-bond donors (Lipinski definition) is 1. The fourth-order valence-corrected chi connectivity index (χ4v) is 2.12. The fraction of sp³-hybridized carbons (Fsp3) is 0.143. The summed E-state index contributed by atoms with van der Waals surface area (Å²) in [6, 6.07) is 12.1. The van der Waals surface area contributed by atoms with Gasteiger partial charge in [-0.25, -0.2) is 4.39 Å². The zero-order chi connectivity index (χ0) is 12.4. The molecule has 88 valence electrons. The van der Waals surface area contributed by atoms with E-state index in [0.717, 1.165) is 10.0 Å². The minimum Gasteiger partial charge on any atom is -0.384 e. The Morgan fingerprint density at radius 3 is 2.47 bits per heavy atom. The summed E-state index contributed by atoms with van der Waals surface area (Å²) in [6.45, 7) is 1.69. The van der Waals surface area contributed by atoms with Gasteiger partial charge in [0.2, 0.25) is 0 Å². The third-order valence-corrected chi connectivity index (χ3v) is 3.16. The second kappa shape index (κ2) is 4.98. The van der Waals surface area contributed by atoms with Crippen molar-refractivity contribution in [1.29, 1.82) is 0 Å². The highest BCUT2D eigenvalue weighted by Crippen LogP contribution is 2.25.